The Morgan fingerprint density at radius 1 is 1.43 bits per heavy atom. The first-order valence-electron chi connectivity index (χ1n) is 7.59. The molecule has 1 fully saturated rings. The van der Waals surface area contributed by atoms with E-state index in [1.54, 1.807) is 11.3 Å². The average molecular weight is 305 g/mol. The van der Waals surface area contributed by atoms with Crippen molar-refractivity contribution in [3.63, 3.8) is 0 Å². The van der Waals surface area contributed by atoms with E-state index in [0.717, 1.165) is 36.1 Å². The number of rotatable bonds is 4. The molecule has 1 heterocycles. The second-order valence-electron chi connectivity index (χ2n) is 5.88. The lowest BCUT2D eigenvalue weighted by molar-refractivity contribution is -0.132. The topological polar surface area (TPSA) is 49.3 Å². The number of amides is 1. The lowest BCUT2D eigenvalue weighted by Crippen LogP contribution is -2.39. The van der Waals surface area contributed by atoms with Crippen molar-refractivity contribution in [1.29, 1.82) is 0 Å². The lowest BCUT2D eigenvalue weighted by atomic mass is 9.75. The summed E-state index contributed by atoms with van der Waals surface area (Å²) >= 11 is 1.62. The number of carbonyl (C=O) groups is 1. The van der Waals surface area contributed by atoms with Gasteiger partial charge < -0.3 is 10.4 Å². The summed E-state index contributed by atoms with van der Waals surface area (Å²) in [5, 5.41) is 13.8. The number of nitrogens with one attached hydrogen (secondary N) is 1. The molecule has 1 aromatic rings. The molecule has 1 amide bonds. The van der Waals surface area contributed by atoms with Crippen LogP contribution in [0.4, 0.5) is 0 Å². The summed E-state index contributed by atoms with van der Waals surface area (Å²) in [4.78, 5) is 13.5. The molecule has 0 atom stereocenters. The summed E-state index contributed by atoms with van der Waals surface area (Å²) < 4.78 is 0. The number of hydrogen-bond donors (Lipinski definition) is 2. The molecule has 3 nitrogen and oxygen atoms in total. The van der Waals surface area contributed by atoms with E-state index >= 15 is 0 Å². The van der Waals surface area contributed by atoms with Crippen molar-refractivity contribution in [3.05, 3.63) is 21.9 Å². The monoisotopic (exact) mass is 305 g/mol. The maximum absolute atomic E-state index is 12.3. The molecule has 0 aliphatic heterocycles. The maximum atomic E-state index is 12.3. The van der Waals surface area contributed by atoms with Crippen LogP contribution >= 0.6 is 11.3 Å². The van der Waals surface area contributed by atoms with Crippen molar-refractivity contribution >= 4 is 17.2 Å². The van der Waals surface area contributed by atoms with Crippen LogP contribution < -0.4 is 5.32 Å². The normalized spacial score (nSPS) is 16.9. The predicted octanol–water partition coefficient (Wildman–Crippen LogP) is 3.07. The molecule has 2 rings (SSSR count). The third-order valence-electron chi connectivity index (χ3n) is 4.05. The summed E-state index contributed by atoms with van der Waals surface area (Å²) in [5.41, 5.74) is 0.779. The van der Waals surface area contributed by atoms with Crippen LogP contribution in [0.15, 0.2) is 11.4 Å². The first-order chi connectivity index (χ1) is 10.1. The first kappa shape index (κ1) is 16.1. The molecule has 0 unspecified atom stereocenters. The number of hydrogen-bond acceptors (Lipinski definition) is 3. The maximum Gasteiger partial charge on any atom is 0.226 e. The van der Waals surface area contributed by atoms with E-state index in [9.17, 15) is 4.79 Å². The van der Waals surface area contributed by atoms with Gasteiger partial charge in [0.2, 0.25) is 5.91 Å². The summed E-state index contributed by atoms with van der Waals surface area (Å²) in [6.07, 6.45) is 6.08. The van der Waals surface area contributed by atoms with E-state index in [2.05, 4.69) is 24.1 Å². The minimum Gasteiger partial charge on any atom is -0.395 e. The molecule has 4 heteroatoms. The molecule has 1 aliphatic rings. The Morgan fingerprint density at radius 2 is 2.19 bits per heavy atom. The SMILES string of the molecule is CC1(C(=O)NCc2cc(C#CCCO)cs2)CCCCC1. The van der Waals surface area contributed by atoms with Gasteiger partial charge in [0.15, 0.2) is 0 Å². The van der Waals surface area contributed by atoms with Gasteiger partial charge >= 0.3 is 0 Å². The fraction of sp³-hybridized carbons (Fsp3) is 0.588. The largest absolute Gasteiger partial charge is 0.395 e. The van der Waals surface area contributed by atoms with E-state index in [4.69, 9.17) is 5.11 Å². The third kappa shape index (κ3) is 4.59. The minimum absolute atomic E-state index is 0.0959. The van der Waals surface area contributed by atoms with Crippen LogP contribution in [0.1, 0.15) is 55.9 Å². The Bertz CT molecular complexity index is 532. The van der Waals surface area contributed by atoms with Gasteiger partial charge in [0.1, 0.15) is 0 Å². The zero-order chi connectivity index (χ0) is 15.1. The Kier molecular flexibility index (Phi) is 5.84. The predicted molar refractivity (Wildman–Crippen MR) is 85.9 cm³/mol. The summed E-state index contributed by atoms with van der Waals surface area (Å²) in [6.45, 7) is 2.76. The van der Waals surface area contributed by atoms with Crippen LogP contribution in [0.5, 0.6) is 0 Å². The van der Waals surface area contributed by atoms with Crippen LogP contribution in [0.3, 0.4) is 0 Å². The lowest BCUT2D eigenvalue weighted by Gasteiger charge is -2.31. The molecule has 1 aromatic heterocycles. The molecule has 1 aliphatic carbocycles. The highest BCUT2D eigenvalue weighted by Gasteiger charge is 2.34. The van der Waals surface area contributed by atoms with Crippen LogP contribution in [0.2, 0.25) is 0 Å². The van der Waals surface area contributed by atoms with Crippen molar-refractivity contribution in [2.24, 2.45) is 5.41 Å². The van der Waals surface area contributed by atoms with Crippen LogP contribution in [0, 0.1) is 17.3 Å². The average Bonchev–Trinajstić information content (AvgIpc) is 2.94. The molecule has 1 saturated carbocycles. The van der Waals surface area contributed by atoms with Crippen molar-refractivity contribution in [2.75, 3.05) is 6.61 Å². The Morgan fingerprint density at radius 3 is 2.90 bits per heavy atom. The standard InChI is InChI=1S/C17H23NO2S/c1-17(8-4-2-5-9-17)16(20)18-12-15-11-14(13-21-15)7-3-6-10-19/h11,13,19H,2,4-6,8-10,12H2,1H3,(H,18,20). The number of aliphatic hydroxyl groups is 1. The molecular weight excluding hydrogens is 282 g/mol. The Balaban J connectivity index is 1.85. The van der Waals surface area contributed by atoms with Crippen molar-refractivity contribution < 1.29 is 9.90 Å². The highest BCUT2D eigenvalue weighted by Crippen LogP contribution is 2.35. The molecular formula is C17H23NO2S. The summed E-state index contributed by atoms with van der Waals surface area (Å²) in [5.74, 6) is 6.10. The van der Waals surface area contributed by atoms with E-state index in [1.807, 2.05) is 11.4 Å². The molecule has 0 spiro atoms. The molecule has 0 aromatic carbocycles. The highest BCUT2D eigenvalue weighted by atomic mass is 32.1. The second kappa shape index (κ2) is 7.63. The van der Waals surface area contributed by atoms with Gasteiger partial charge in [0, 0.05) is 27.7 Å². The Hall–Kier alpha value is -1.31. The van der Waals surface area contributed by atoms with E-state index < -0.39 is 0 Å². The van der Waals surface area contributed by atoms with Crippen molar-refractivity contribution in [2.45, 2.75) is 52.0 Å². The summed E-state index contributed by atoms with van der Waals surface area (Å²) in [6, 6.07) is 2.01. The van der Waals surface area contributed by atoms with Gasteiger partial charge in [-0.3, -0.25) is 4.79 Å². The molecule has 0 radical (unpaired) electrons. The Labute approximate surface area is 130 Å². The van der Waals surface area contributed by atoms with E-state index in [0.29, 0.717) is 13.0 Å². The van der Waals surface area contributed by atoms with E-state index in [-0.39, 0.29) is 17.9 Å². The fourth-order valence-corrected chi connectivity index (χ4v) is 3.46. The van der Waals surface area contributed by atoms with Gasteiger partial charge in [-0.25, -0.2) is 0 Å². The number of thiophene rings is 1. The quantitative estimate of drug-likeness (QED) is 0.840. The number of aliphatic hydroxyl groups excluding tert-OH is 1. The zero-order valence-electron chi connectivity index (χ0n) is 12.6. The first-order valence-corrected chi connectivity index (χ1v) is 8.47. The van der Waals surface area contributed by atoms with Gasteiger partial charge in [-0.1, -0.05) is 38.0 Å². The summed E-state index contributed by atoms with van der Waals surface area (Å²) in [7, 11) is 0. The van der Waals surface area contributed by atoms with Gasteiger partial charge in [-0.15, -0.1) is 11.3 Å². The van der Waals surface area contributed by atoms with E-state index in [1.165, 1.54) is 6.42 Å². The molecule has 114 valence electrons. The third-order valence-corrected chi connectivity index (χ3v) is 4.99. The zero-order valence-corrected chi connectivity index (χ0v) is 13.4. The van der Waals surface area contributed by atoms with Crippen LogP contribution in [0.25, 0.3) is 0 Å². The van der Waals surface area contributed by atoms with Crippen LogP contribution in [-0.2, 0) is 11.3 Å². The van der Waals surface area contributed by atoms with Crippen molar-refractivity contribution in [3.8, 4) is 11.8 Å². The smallest absolute Gasteiger partial charge is 0.226 e. The fourth-order valence-electron chi connectivity index (χ4n) is 2.70. The molecule has 0 saturated heterocycles. The van der Waals surface area contributed by atoms with Crippen LogP contribution in [-0.4, -0.2) is 17.6 Å². The number of carbonyl (C=O) groups excluding carboxylic acids is 1. The van der Waals surface area contributed by atoms with Gasteiger partial charge in [-0.2, -0.15) is 0 Å². The molecule has 21 heavy (non-hydrogen) atoms. The molecule has 0 bridgehead atoms. The van der Waals surface area contributed by atoms with Gasteiger partial charge in [-0.05, 0) is 18.9 Å². The highest BCUT2D eigenvalue weighted by molar-refractivity contribution is 7.10. The van der Waals surface area contributed by atoms with Gasteiger partial charge in [0.05, 0.1) is 13.2 Å². The second-order valence-corrected chi connectivity index (χ2v) is 6.88. The molecule has 2 N–H and O–H groups in total. The van der Waals surface area contributed by atoms with Crippen molar-refractivity contribution in [1.82, 2.24) is 5.32 Å². The minimum atomic E-state index is -0.181. The van der Waals surface area contributed by atoms with Gasteiger partial charge in [0.25, 0.3) is 0 Å².